The van der Waals surface area contributed by atoms with E-state index in [1.807, 2.05) is 0 Å². The van der Waals surface area contributed by atoms with Crippen molar-refractivity contribution in [3.8, 4) is 0 Å². The van der Waals surface area contributed by atoms with E-state index in [-0.39, 0.29) is 5.25 Å². The topological polar surface area (TPSA) is 49.3 Å². The Morgan fingerprint density at radius 1 is 1.47 bits per heavy atom. The lowest BCUT2D eigenvalue weighted by Gasteiger charge is -2.27. The minimum Gasteiger partial charge on any atom is -0.480 e. The second-order valence-electron chi connectivity index (χ2n) is 5.29. The molecule has 3 nitrogen and oxygen atoms in total. The fourth-order valence-corrected chi connectivity index (χ4v) is 3.30. The van der Waals surface area contributed by atoms with E-state index in [9.17, 15) is 9.90 Å². The molecule has 0 spiro atoms. The predicted octanol–water partition coefficient (Wildman–Crippen LogP) is 3.24. The molecule has 0 aromatic heterocycles. The number of rotatable bonds is 6. The average Bonchev–Trinajstić information content (AvgIpc) is 2.32. The first-order valence-corrected chi connectivity index (χ1v) is 7.32. The number of carboxylic acid groups (broad SMARTS) is 1. The van der Waals surface area contributed by atoms with E-state index in [0.717, 1.165) is 0 Å². The van der Waals surface area contributed by atoms with Gasteiger partial charge in [0.1, 0.15) is 5.54 Å². The summed E-state index contributed by atoms with van der Waals surface area (Å²) in [6, 6.07) is 6.36. The molecular formula is C15H23NO2S. The quantitative estimate of drug-likeness (QED) is 0.786. The number of likely N-dealkylation sites (N-methyl/N-ethyl adjacent to an activating group) is 1. The van der Waals surface area contributed by atoms with E-state index in [0.29, 0.717) is 6.42 Å². The van der Waals surface area contributed by atoms with E-state index >= 15 is 0 Å². The number of carbonyl (C=O) groups is 1. The average molecular weight is 281 g/mol. The van der Waals surface area contributed by atoms with E-state index in [2.05, 4.69) is 44.3 Å². The zero-order valence-electron chi connectivity index (χ0n) is 12.3. The number of nitrogens with one attached hydrogen (secondary N) is 1. The minimum absolute atomic E-state index is 0.231. The maximum atomic E-state index is 11.3. The first kappa shape index (κ1) is 16.1. The van der Waals surface area contributed by atoms with Crippen LogP contribution in [0.5, 0.6) is 0 Å². The summed E-state index contributed by atoms with van der Waals surface area (Å²) in [4.78, 5) is 12.5. The molecular weight excluding hydrogens is 258 g/mol. The van der Waals surface area contributed by atoms with Gasteiger partial charge in [0.05, 0.1) is 0 Å². The summed E-state index contributed by atoms with van der Waals surface area (Å²) in [6.45, 7) is 7.97. The van der Waals surface area contributed by atoms with Gasteiger partial charge in [-0.05, 0) is 45.9 Å². The van der Waals surface area contributed by atoms with Crippen molar-refractivity contribution in [1.82, 2.24) is 5.32 Å². The van der Waals surface area contributed by atoms with Crippen LogP contribution in [-0.4, -0.2) is 28.9 Å². The van der Waals surface area contributed by atoms with Crippen LogP contribution in [0.2, 0.25) is 0 Å². The smallest absolute Gasteiger partial charge is 0.323 e. The Hall–Kier alpha value is -1.00. The highest BCUT2D eigenvalue weighted by Gasteiger charge is 2.33. The molecule has 0 saturated carbocycles. The van der Waals surface area contributed by atoms with Gasteiger partial charge in [0, 0.05) is 10.1 Å². The molecule has 2 N–H and O–H groups in total. The van der Waals surface area contributed by atoms with Crippen LogP contribution < -0.4 is 5.32 Å². The number of aryl methyl sites for hydroxylation is 2. The number of hydrogen-bond acceptors (Lipinski definition) is 3. The lowest BCUT2D eigenvalue weighted by Crippen LogP contribution is -2.49. The second kappa shape index (κ2) is 6.44. The zero-order valence-corrected chi connectivity index (χ0v) is 13.1. The van der Waals surface area contributed by atoms with Crippen LogP contribution in [-0.2, 0) is 4.79 Å². The van der Waals surface area contributed by atoms with Crippen LogP contribution in [0, 0.1) is 13.8 Å². The van der Waals surface area contributed by atoms with Gasteiger partial charge in [0.15, 0.2) is 0 Å². The summed E-state index contributed by atoms with van der Waals surface area (Å²) in [5.41, 5.74) is 1.63. The third-order valence-corrected chi connectivity index (χ3v) is 4.66. The molecule has 0 amide bonds. The Morgan fingerprint density at radius 3 is 2.58 bits per heavy atom. The lowest BCUT2D eigenvalue weighted by atomic mass is 9.96. The molecule has 1 rings (SSSR count). The molecule has 0 saturated heterocycles. The molecule has 4 heteroatoms. The highest BCUT2D eigenvalue weighted by molar-refractivity contribution is 8.00. The van der Waals surface area contributed by atoms with Gasteiger partial charge in [-0.25, -0.2) is 0 Å². The highest BCUT2D eigenvalue weighted by Crippen LogP contribution is 2.31. The van der Waals surface area contributed by atoms with Gasteiger partial charge in [0.25, 0.3) is 0 Å². The van der Waals surface area contributed by atoms with Crippen LogP contribution in [0.15, 0.2) is 23.1 Å². The monoisotopic (exact) mass is 281 g/mol. The molecule has 1 aromatic carbocycles. The van der Waals surface area contributed by atoms with Crippen LogP contribution in [0.3, 0.4) is 0 Å². The molecule has 0 bridgehead atoms. The summed E-state index contributed by atoms with van der Waals surface area (Å²) >= 11 is 1.74. The summed E-state index contributed by atoms with van der Waals surface area (Å²) < 4.78 is 0. The minimum atomic E-state index is -0.870. The van der Waals surface area contributed by atoms with Crippen LogP contribution in [0.25, 0.3) is 0 Å². The lowest BCUT2D eigenvalue weighted by molar-refractivity contribution is -0.144. The Bertz CT molecular complexity index is 461. The van der Waals surface area contributed by atoms with Gasteiger partial charge in [0.2, 0.25) is 0 Å². The highest BCUT2D eigenvalue weighted by atomic mass is 32.2. The van der Waals surface area contributed by atoms with Gasteiger partial charge < -0.3 is 10.4 Å². The normalized spacial score (nSPS) is 15.8. The van der Waals surface area contributed by atoms with Gasteiger partial charge in [-0.3, -0.25) is 4.79 Å². The molecule has 2 atom stereocenters. The van der Waals surface area contributed by atoms with Crippen LogP contribution in [0.1, 0.15) is 31.4 Å². The third kappa shape index (κ3) is 4.25. The largest absolute Gasteiger partial charge is 0.480 e. The van der Waals surface area contributed by atoms with Crippen molar-refractivity contribution in [3.63, 3.8) is 0 Å². The van der Waals surface area contributed by atoms with Crippen molar-refractivity contribution in [2.45, 2.75) is 49.8 Å². The maximum Gasteiger partial charge on any atom is 0.323 e. The number of thioether (sulfide) groups is 1. The van der Waals surface area contributed by atoms with E-state index in [1.165, 1.54) is 16.0 Å². The second-order valence-corrected chi connectivity index (χ2v) is 6.77. The van der Waals surface area contributed by atoms with Crippen molar-refractivity contribution in [2.75, 3.05) is 7.05 Å². The molecule has 0 radical (unpaired) electrons. The summed E-state index contributed by atoms with van der Waals surface area (Å²) in [5, 5.41) is 12.4. The van der Waals surface area contributed by atoms with E-state index in [1.54, 1.807) is 25.7 Å². The van der Waals surface area contributed by atoms with Crippen molar-refractivity contribution in [1.29, 1.82) is 0 Å². The molecule has 0 aliphatic heterocycles. The first-order valence-electron chi connectivity index (χ1n) is 6.44. The predicted molar refractivity (Wildman–Crippen MR) is 81.0 cm³/mol. The Balaban J connectivity index is 2.74. The number of benzene rings is 1. The summed E-state index contributed by atoms with van der Waals surface area (Å²) in [7, 11) is 1.70. The molecule has 0 heterocycles. The van der Waals surface area contributed by atoms with E-state index < -0.39 is 11.5 Å². The Morgan fingerprint density at radius 2 is 2.11 bits per heavy atom. The van der Waals surface area contributed by atoms with Crippen LogP contribution in [0.4, 0.5) is 0 Å². The van der Waals surface area contributed by atoms with Gasteiger partial charge in [-0.15, -0.1) is 11.8 Å². The molecule has 0 aliphatic carbocycles. The Labute approximate surface area is 119 Å². The Kier molecular flexibility index (Phi) is 5.44. The third-order valence-electron chi connectivity index (χ3n) is 3.38. The fourth-order valence-electron chi connectivity index (χ4n) is 2.06. The van der Waals surface area contributed by atoms with E-state index in [4.69, 9.17) is 0 Å². The van der Waals surface area contributed by atoms with Crippen LogP contribution >= 0.6 is 11.8 Å². The number of carboxylic acids is 1. The van der Waals surface area contributed by atoms with Gasteiger partial charge >= 0.3 is 5.97 Å². The van der Waals surface area contributed by atoms with Crippen molar-refractivity contribution in [2.24, 2.45) is 0 Å². The molecule has 1 aromatic rings. The number of hydrogen-bond donors (Lipinski definition) is 2. The molecule has 106 valence electrons. The molecule has 0 aliphatic rings. The van der Waals surface area contributed by atoms with Crippen molar-refractivity contribution >= 4 is 17.7 Å². The number of aliphatic carboxylic acids is 1. The molecule has 19 heavy (non-hydrogen) atoms. The fraction of sp³-hybridized carbons (Fsp3) is 0.533. The molecule has 0 fully saturated rings. The van der Waals surface area contributed by atoms with Gasteiger partial charge in [-0.1, -0.05) is 24.6 Å². The zero-order chi connectivity index (χ0) is 14.6. The first-order chi connectivity index (χ1) is 8.78. The summed E-state index contributed by atoms with van der Waals surface area (Å²) in [5.74, 6) is -0.803. The van der Waals surface area contributed by atoms with Gasteiger partial charge in [-0.2, -0.15) is 0 Å². The van der Waals surface area contributed by atoms with Crippen molar-refractivity contribution < 1.29 is 9.90 Å². The SMILES string of the molecule is CNC(C)(CC(C)Sc1ccc(C)cc1C)C(=O)O. The van der Waals surface area contributed by atoms with Crippen molar-refractivity contribution in [3.05, 3.63) is 29.3 Å². The summed E-state index contributed by atoms with van der Waals surface area (Å²) in [6.07, 6.45) is 0.580. The molecule has 2 unspecified atom stereocenters. The standard InChI is InChI=1S/C15H23NO2S/c1-10-6-7-13(11(2)8-10)19-12(3)9-15(4,16-5)14(17)18/h6-8,12,16H,9H2,1-5H3,(H,17,18). The maximum absolute atomic E-state index is 11.3.